The van der Waals surface area contributed by atoms with Crippen LogP contribution in [0.1, 0.15) is 0 Å². The van der Waals surface area contributed by atoms with Crippen LogP contribution in [0.2, 0.25) is 5.02 Å². The van der Waals surface area contributed by atoms with Crippen molar-refractivity contribution in [2.45, 2.75) is 20.8 Å². The highest BCUT2D eigenvalue weighted by Gasteiger charge is 2.48. The van der Waals surface area contributed by atoms with Crippen LogP contribution in [0.3, 0.4) is 0 Å². The Bertz CT molecular complexity index is 1390. The zero-order chi connectivity index (χ0) is 27.0. The summed E-state index contributed by atoms with van der Waals surface area (Å²) >= 11 is 5.72. The predicted molar refractivity (Wildman–Crippen MR) is 105 cm³/mol. The van der Waals surface area contributed by atoms with Crippen molar-refractivity contribution in [3.63, 3.8) is 0 Å². The Kier molecular flexibility index (Phi) is 7.63. The third kappa shape index (κ3) is 5.93. The molecule has 0 aromatic heterocycles. The Morgan fingerprint density at radius 2 is 1.43 bits per heavy atom. The molecule has 19 heteroatoms. The standard InChI is InChI=1S/C16H9ClF6N2O8S2/c17-10-3-1-8(34(29,30)15(18,19)20)5-11(10)24-14(26)7-33-13-4-2-9(6-12(13)25(27)28)35(31,32)16(21,22)23/h1-6H,7H2,(H,24,26). The number of anilines is 1. The van der Waals surface area contributed by atoms with E-state index in [0.717, 1.165) is 6.07 Å². The molecule has 2 aromatic rings. The fraction of sp³-hybridized carbons (Fsp3) is 0.188. The molecule has 192 valence electrons. The van der Waals surface area contributed by atoms with Crippen LogP contribution < -0.4 is 10.1 Å². The summed E-state index contributed by atoms with van der Waals surface area (Å²) in [5, 5.41) is 12.6. The van der Waals surface area contributed by atoms with E-state index in [9.17, 15) is 58.1 Å². The van der Waals surface area contributed by atoms with Gasteiger partial charge in [0.1, 0.15) is 0 Å². The minimum Gasteiger partial charge on any atom is -0.477 e. The maximum absolute atomic E-state index is 12.7. The second-order valence-corrected chi connectivity index (χ2v) is 10.6. The number of hydrogen-bond donors (Lipinski definition) is 1. The van der Waals surface area contributed by atoms with Crippen LogP contribution in [0.5, 0.6) is 5.75 Å². The lowest BCUT2D eigenvalue weighted by Crippen LogP contribution is -2.24. The number of rotatable bonds is 7. The Morgan fingerprint density at radius 3 is 1.91 bits per heavy atom. The van der Waals surface area contributed by atoms with Crippen molar-refractivity contribution in [1.82, 2.24) is 0 Å². The molecule has 0 spiro atoms. The molecule has 0 saturated heterocycles. The molecule has 2 rings (SSSR count). The van der Waals surface area contributed by atoms with Crippen LogP contribution in [-0.4, -0.2) is 45.3 Å². The number of alkyl halides is 6. The number of benzene rings is 2. The summed E-state index contributed by atoms with van der Waals surface area (Å²) in [6.45, 7) is -1.13. The fourth-order valence-electron chi connectivity index (χ4n) is 2.29. The van der Waals surface area contributed by atoms with E-state index in [-0.39, 0.29) is 6.07 Å². The molecule has 2 aromatic carbocycles. The maximum atomic E-state index is 12.7. The number of sulfone groups is 2. The van der Waals surface area contributed by atoms with Crippen molar-refractivity contribution < 1.29 is 57.6 Å². The van der Waals surface area contributed by atoms with Crippen LogP contribution in [0.15, 0.2) is 46.2 Å². The lowest BCUT2D eigenvalue weighted by molar-refractivity contribution is -0.386. The van der Waals surface area contributed by atoms with Gasteiger partial charge in [-0.2, -0.15) is 26.3 Å². The molecule has 0 aliphatic rings. The molecular formula is C16H9ClF6N2O8S2. The molecule has 0 saturated carbocycles. The second kappa shape index (κ2) is 9.50. The van der Waals surface area contributed by atoms with Gasteiger partial charge in [-0.1, -0.05) is 11.6 Å². The van der Waals surface area contributed by atoms with Gasteiger partial charge in [0.05, 0.1) is 25.4 Å². The third-order valence-electron chi connectivity index (χ3n) is 3.93. The number of nitrogens with one attached hydrogen (secondary N) is 1. The first-order valence-electron chi connectivity index (χ1n) is 8.42. The van der Waals surface area contributed by atoms with Gasteiger partial charge in [-0.05, 0) is 30.3 Å². The third-order valence-corrected chi connectivity index (χ3v) is 7.23. The normalized spacial score (nSPS) is 12.8. The SMILES string of the molecule is O=C(COc1ccc(S(=O)(=O)C(F)(F)F)cc1[N+](=O)[O-])Nc1cc(S(=O)(=O)C(F)(F)F)ccc1Cl. The molecule has 0 aliphatic carbocycles. The average Bonchev–Trinajstić information content (AvgIpc) is 2.71. The van der Waals surface area contributed by atoms with E-state index in [4.69, 9.17) is 16.3 Å². The highest BCUT2D eigenvalue weighted by molar-refractivity contribution is 7.92. The Labute approximate surface area is 196 Å². The van der Waals surface area contributed by atoms with Gasteiger partial charge in [0.25, 0.3) is 25.6 Å². The first-order valence-corrected chi connectivity index (χ1v) is 11.8. The number of nitrogens with zero attached hydrogens (tertiary/aromatic N) is 1. The molecular weight excluding hydrogens is 562 g/mol. The first kappa shape index (κ1) is 28.1. The molecule has 0 heterocycles. The molecule has 0 atom stereocenters. The quantitative estimate of drug-likeness (QED) is 0.300. The lowest BCUT2D eigenvalue weighted by Gasteiger charge is -2.13. The monoisotopic (exact) mass is 570 g/mol. The zero-order valence-electron chi connectivity index (χ0n) is 16.3. The summed E-state index contributed by atoms with van der Waals surface area (Å²) in [5.74, 6) is -2.06. The van der Waals surface area contributed by atoms with Gasteiger partial charge in [0, 0.05) is 6.07 Å². The van der Waals surface area contributed by atoms with E-state index in [1.54, 1.807) is 0 Å². The fourth-order valence-corrected chi connectivity index (χ4v) is 4.03. The van der Waals surface area contributed by atoms with E-state index in [2.05, 4.69) is 0 Å². The predicted octanol–water partition coefficient (Wildman–Crippen LogP) is 3.85. The van der Waals surface area contributed by atoms with Crippen molar-refractivity contribution >= 4 is 48.6 Å². The number of carbonyl (C=O) groups is 1. The van der Waals surface area contributed by atoms with Gasteiger partial charge in [0.2, 0.25) is 0 Å². The molecule has 0 aliphatic heterocycles. The number of amides is 1. The van der Waals surface area contributed by atoms with Crippen molar-refractivity contribution in [3.8, 4) is 5.75 Å². The van der Waals surface area contributed by atoms with E-state index < -0.39 is 80.1 Å². The van der Waals surface area contributed by atoms with Crippen LogP contribution >= 0.6 is 11.6 Å². The minimum absolute atomic E-state index is 0.0540. The molecule has 0 radical (unpaired) electrons. The van der Waals surface area contributed by atoms with E-state index in [0.29, 0.717) is 24.3 Å². The van der Waals surface area contributed by atoms with E-state index in [1.165, 1.54) is 0 Å². The molecule has 35 heavy (non-hydrogen) atoms. The van der Waals surface area contributed by atoms with Gasteiger partial charge in [-0.25, -0.2) is 16.8 Å². The molecule has 0 bridgehead atoms. The van der Waals surface area contributed by atoms with Crippen LogP contribution in [0, 0.1) is 10.1 Å². The van der Waals surface area contributed by atoms with Crippen molar-refractivity contribution in [2.24, 2.45) is 0 Å². The average molecular weight is 571 g/mol. The van der Waals surface area contributed by atoms with Gasteiger partial charge in [-0.15, -0.1) is 0 Å². The van der Waals surface area contributed by atoms with Crippen LogP contribution in [-0.2, 0) is 24.5 Å². The Morgan fingerprint density at radius 1 is 0.943 bits per heavy atom. The Hall–Kier alpha value is -3.12. The number of hydrogen-bond acceptors (Lipinski definition) is 8. The molecule has 0 unspecified atom stereocenters. The minimum atomic E-state index is -5.94. The summed E-state index contributed by atoms with van der Waals surface area (Å²) in [6, 6.07) is 2.53. The van der Waals surface area contributed by atoms with Gasteiger partial charge >= 0.3 is 16.7 Å². The van der Waals surface area contributed by atoms with Gasteiger partial charge in [-0.3, -0.25) is 14.9 Å². The highest BCUT2D eigenvalue weighted by Crippen LogP contribution is 2.36. The molecule has 1 N–H and O–H groups in total. The number of nitro benzene ring substituents is 1. The van der Waals surface area contributed by atoms with E-state index in [1.807, 2.05) is 5.32 Å². The number of halogens is 7. The van der Waals surface area contributed by atoms with Crippen molar-refractivity contribution in [3.05, 3.63) is 51.5 Å². The smallest absolute Gasteiger partial charge is 0.477 e. The van der Waals surface area contributed by atoms with Crippen LogP contribution in [0.25, 0.3) is 0 Å². The maximum Gasteiger partial charge on any atom is 0.501 e. The van der Waals surface area contributed by atoms with Crippen LogP contribution in [0.4, 0.5) is 37.7 Å². The molecule has 1 amide bonds. The summed E-state index contributed by atoms with van der Waals surface area (Å²) in [7, 11) is -11.7. The van der Waals surface area contributed by atoms with E-state index >= 15 is 0 Å². The summed E-state index contributed by atoms with van der Waals surface area (Å²) in [4.78, 5) is 19.2. The lowest BCUT2D eigenvalue weighted by atomic mass is 10.3. The number of carbonyl (C=O) groups excluding carboxylic acids is 1. The molecule has 10 nitrogen and oxygen atoms in total. The second-order valence-electron chi connectivity index (χ2n) is 6.26. The van der Waals surface area contributed by atoms with Gasteiger partial charge in [0.15, 0.2) is 12.4 Å². The van der Waals surface area contributed by atoms with Gasteiger partial charge < -0.3 is 10.1 Å². The number of nitro groups is 1. The summed E-state index contributed by atoms with van der Waals surface area (Å²) in [6.07, 6.45) is 0. The number of ether oxygens (including phenoxy) is 1. The largest absolute Gasteiger partial charge is 0.501 e. The summed E-state index contributed by atoms with van der Waals surface area (Å²) < 4.78 is 127. The first-order chi connectivity index (χ1) is 15.8. The topological polar surface area (TPSA) is 150 Å². The highest BCUT2D eigenvalue weighted by atomic mass is 35.5. The zero-order valence-corrected chi connectivity index (χ0v) is 18.7. The van der Waals surface area contributed by atoms with Crippen molar-refractivity contribution in [2.75, 3.05) is 11.9 Å². The summed E-state index contributed by atoms with van der Waals surface area (Å²) in [5.41, 5.74) is -13.3. The van der Waals surface area contributed by atoms with Crippen molar-refractivity contribution in [1.29, 1.82) is 0 Å². The Balaban J connectivity index is 2.27. The molecule has 0 fully saturated rings.